The van der Waals surface area contributed by atoms with E-state index >= 15 is 0 Å². The number of aromatic nitrogens is 2. The maximum atomic E-state index is 11.2. The Kier molecular flexibility index (Phi) is 4.59. The van der Waals surface area contributed by atoms with Gasteiger partial charge < -0.3 is 4.74 Å². The van der Waals surface area contributed by atoms with E-state index in [2.05, 4.69) is 14.7 Å². The van der Waals surface area contributed by atoms with Gasteiger partial charge in [-0.1, -0.05) is 0 Å². The molecule has 1 N–H and O–H groups in total. The van der Waals surface area contributed by atoms with Gasteiger partial charge in [0.25, 0.3) is 0 Å². The van der Waals surface area contributed by atoms with Crippen LogP contribution in [-0.4, -0.2) is 36.8 Å². The first-order valence-corrected chi connectivity index (χ1v) is 8.67. The van der Waals surface area contributed by atoms with Gasteiger partial charge in [0.15, 0.2) is 0 Å². The van der Waals surface area contributed by atoms with Crippen molar-refractivity contribution in [3.8, 4) is 6.01 Å². The van der Waals surface area contributed by atoms with Crippen LogP contribution in [-0.2, 0) is 10.0 Å². The first-order chi connectivity index (χ1) is 9.32. The van der Waals surface area contributed by atoms with Gasteiger partial charge in [-0.05, 0) is 45.6 Å². The Labute approximate surface area is 120 Å². The summed E-state index contributed by atoms with van der Waals surface area (Å²) in [6, 6.07) is 2.34. The molecule has 0 spiro atoms. The highest BCUT2D eigenvalue weighted by molar-refractivity contribution is 7.88. The number of nitrogens with zero attached hydrogens (tertiary/aromatic N) is 2. The summed E-state index contributed by atoms with van der Waals surface area (Å²) in [5.74, 6) is 0. The second-order valence-electron chi connectivity index (χ2n) is 5.41. The first kappa shape index (κ1) is 15.2. The summed E-state index contributed by atoms with van der Waals surface area (Å²) >= 11 is 0. The lowest BCUT2D eigenvalue weighted by molar-refractivity contribution is 0.131. The molecule has 1 aliphatic rings. The van der Waals surface area contributed by atoms with Crippen molar-refractivity contribution >= 4 is 10.0 Å². The average molecular weight is 299 g/mol. The third-order valence-corrected chi connectivity index (χ3v) is 4.05. The van der Waals surface area contributed by atoms with Crippen LogP contribution in [0.15, 0.2) is 6.07 Å². The second kappa shape index (κ2) is 6.05. The van der Waals surface area contributed by atoms with Crippen molar-refractivity contribution in [2.75, 3.05) is 6.26 Å². The fourth-order valence-electron chi connectivity index (χ4n) is 2.50. The Hall–Kier alpha value is -1.21. The molecule has 1 aromatic heterocycles. The summed E-state index contributed by atoms with van der Waals surface area (Å²) in [6.07, 6.45) is 4.44. The first-order valence-electron chi connectivity index (χ1n) is 6.78. The fourth-order valence-corrected chi connectivity index (χ4v) is 3.34. The van der Waals surface area contributed by atoms with Gasteiger partial charge in [0.1, 0.15) is 6.10 Å². The predicted molar refractivity (Wildman–Crippen MR) is 76.2 cm³/mol. The molecule has 0 saturated heterocycles. The highest BCUT2D eigenvalue weighted by Crippen LogP contribution is 2.22. The van der Waals surface area contributed by atoms with Gasteiger partial charge in [-0.25, -0.2) is 23.1 Å². The van der Waals surface area contributed by atoms with Crippen LogP contribution in [0, 0.1) is 13.8 Å². The molecule has 0 unspecified atom stereocenters. The van der Waals surface area contributed by atoms with E-state index in [0.717, 1.165) is 37.1 Å². The van der Waals surface area contributed by atoms with Gasteiger partial charge in [0.05, 0.1) is 6.26 Å². The molecule has 20 heavy (non-hydrogen) atoms. The molecule has 0 amide bonds. The standard InChI is InChI=1S/C13H21N3O3S/c1-9-8-10(2)15-13(14-9)19-12-6-4-11(5-7-12)16-20(3,17)18/h8,11-12,16H,4-7H2,1-3H3. The van der Waals surface area contributed by atoms with E-state index in [1.807, 2.05) is 19.9 Å². The van der Waals surface area contributed by atoms with E-state index in [1.165, 1.54) is 6.26 Å². The van der Waals surface area contributed by atoms with Crippen molar-refractivity contribution in [3.63, 3.8) is 0 Å². The molecule has 6 nitrogen and oxygen atoms in total. The van der Waals surface area contributed by atoms with Crippen LogP contribution in [0.3, 0.4) is 0 Å². The summed E-state index contributed by atoms with van der Waals surface area (Å²) in [7, 11) is -3.13. The molecule has 112 valence electrons. The predicted octanol–water partition coefficient (Wildman–Crippen LogP) is 1.33. The van der Waals surface area contributed by atoms with E-state index in [0.29, 0.717) is 6.01 Å². The van der Waals surface area contributed by atoms with Crippen LogP contribution >= 0.6 is 0 Å². The van der Waals surface area contributed by atoms with Crippen LogP contribution in [0.2, 0.25) is 0 Å². The van der Waals surface area contributed by atoms with Gasteiger partial charge >= 0.3 is 6.01 Å². The second-order valence-corrected chi connectivity index (χ2v) is 7.19. The lowest BCUT2D eigenvalue weighted by Gasteiger charge is -2.28. The number of rotatable bonds is 4. The van der Waals surface area contributed by atoms with Crippen LogP contribution in [0.25, 0.3) is 0 Å². The molecule has 7 heteroatoms. The Balaban J connectivity index is 1.88. The number of aryl methyl sites for hydroxylation is 2. The largest absolute Gasteiger partial charge is 0.460 e. The SMILES string of the molecule is Cc1cc(C)nc(OC2CCC(NS(C)(=O)=O)CC2)n1. The normalized spacial score (nSPS) is 23.6. The lowest BCUT2D eigenvalue weighted by atomic mass is 9.94. The molecule has 2 rings (SSSR count). The van der Waals surface area contributed by atoms with E-state index < -0.39 is 10.0 Å². The number of ether oxygens (including phenoxy) is 1. The summed E-state index contributed by atoms with van der Waals surface area (Å²) in [4.78, 5) is 8.52. The van der Waals surface area contributed by atoms with Crippen molar-refractivity contribution in [1.82, 2.24) is 14.7 Å². The number of sulfonamides is 1. The molecule has 0 radical (unpaired) electrons. The lowest BCUT2D eigenvalue weighted by Crippen LogP contribution is -2.39. The summed E-state index contributed by atoms with van der Waals surface area (Å²) in [5, 5.41) is 0. The number of hydrogen-bond acceptors (Lipinski definition) is 5. The van der Waals surface area contributed by atoms with Gasteiger partial charge in [0, 0.05) is 17.4 Å². The number of hydrogen-bond donors (Lipinski definition) is 1. The monoisotopic (exact) mass is 299 g/mol. The van der Waals surface area contributed by atoms with Gasteiger partial charge in [-0.3, -0.25) is 0 Å². The van der Waals surface area contributed by atoms with E-state index in [-0.39, 0.29) is 12.1 Å². The topological polar surface area (TPSA) is 81.2 Å². The molecule has 1 saturated carbocycles. The van der Waals surface area contributed by atoms with E-state index in [9.17, 15) is 8.42 Å². The summed E-state index contributed by atoms with van der Waals surface area (Å²) in [6.45, 7) is 3.82. The molecular formula is C13H21N3O3S. The molecule has 1 aromatic rings. The summed E-state index contributed by atoms with van der Waals surface area (Å²) in [5.41, 5.74) is 1.78. The third-order valence-electron chi connectivity index (χ3n) is 3.29. The van der Waals surface area contributed by atoms with Gasteiger partial charge in [-0.2, -0.15) is 0 Å². The highest BCUT2D eigenvalue weighted by atomic mass is 32.2. The molecule has 0 atom stereocenters. The van der Waals surface area contributed by atoms with Crippen LogP contribution < -0.4 is 9.46 Å². The minimum absolute atomic E-state index is 0.0185. The Morgan fingerprint density at radius 2 is 1.70 bits per heavy atom. The highest BCUT2D eigenvalue weighted by Gasteiger charge is 2.24. The van der Waals surface area contributed by atoms with Crippen molar-refractivity contribution < 1.29 is 13.2 Å². The van der Waals surface area contributed by atoms with Crippen LogP contribution in [0.5, 0.6) is 6.01 Å². The van der Waals surface area contributed by atoms with Crippen molar-refractivity contribution in [1.29, 1.82) is 0 Å². The molecule has 0 bridgehead atoms. The van der Waals surface area contributed by atoms with Gasteiger partial charge in [0.2, 0.25) is 10.0 Å². The summed E-state index contributed by atoms with van der Waals surface area (Å²) < 4.78 is 30.8. The maximum absolute atomic E-state index is 11.2. The van der Waals surface area contributed by atoms with Crippen molar-refractivity contribution in [3.05, 3.63) is 17.5 Å². The fraction of sp³-hybridized carbons (Fsp3) is 0.692. The third kappa shape index (κ3) is 4.72. The Morgan fingerprint density at radius 1 is 1.15 bits per heavy atom. The smallest absolute Gasteiger partial charge is 0.317 e. The molecule has 0 aliphatic heterocycles. The van der Waals surface area contributed by atoms with E-state index in [1.54, 1.807) is 0 Å². The number of nitrogens with one attached hydrogen (secondary N) is 1. The minimum Gasteiger partial charge on any atom is -0.460 e. The maximum Gasteiger partial charge on any atom is 0.317 e. The van der Waals surface area contributed by atoms with Crippen molar-refractivity contribution in [2.24, 2.45) is 0 Å². The Morgan fingerprint density at radius 3 is 2.20 bits per heavy atom. The molecule has 1 aliphatic carbocycles. The quantitative estimate of drug-likeness (QED) is 0.907. The van der Waals surface area contributed by atoms with Crippen molar-refractivity contribution in [2.45, 2.75) is 51.7 Å². The Bertz CT molecular complexity index is 546. The van der Waals surface area contributed by atoms with Crippen LogP contribution in [0.1, 0.15) is 37.1 Å². The minimum atomic E-state index is -3.13. The van der Waals surface area contributed by atoms with Crippen LogP contribution in [0.4, 0.5) is 0 Å². The zero-order valence-electron chi connectivity index (χ0n) is 12.1. The zero-order valence-corrected chi connectivity index (χ0v) is 12.9. The molecule has 1 fully saturated rings. The zero-order chi connectivity index (χ0) is 14.8. The average Bonchev–Trinajstić information content (AvgIpc) is 2.28. The molecular weight excluding hydrogens is 278 g/mol. The van der Waals surface area contributed by atoms with Gasteiger partial charge in [-0.15, -0.1) is 0 Å². The van der Waals surface area contributed by atoms with E-state index in [4.69, 9.17) is 4.74 Å². The molecule has 1 heterocycles. The molecule has 0 aromatic carbocycles.